The molecule has 1 heterocycles. The van der Waals surface area contributed by atoms with Gasteiger partial charge in [0.05, 0.1) is 0 Å². The predicted octanol–water partition coefficient (Wildman–Crippen LogP) is 5.40. The molecule has 5 heteroatoms. The maximum Gasteiger partial charge on any atom is 0.355 e. The summed E-state index contributed by atoms with van der Waals surface area (Å²) in [4.78, 5) is 11.0. The van der Waals surface area contributed by atoms with Crippen molar-refractivity contribution >= 4 is 5.97 Å². The lowest BCUT2D eigenvalue weighted by Crippen LogP contribution is -2.00. The highest BCUT2D eigenvalue weighted by Crippen LogP contribution is 2.15. The summed E-state index contributed by atoms with van der Waals surface area (Å²) in [7, 11) is 0. The molecule has 0 saturated carbocycles. The van der Waals surface area contributed by atoms with E-state index in [-0.39, 0.29) is 10.5 Å². The van der Waals surface area contributed by atoms with Gasteiger partial charge in [-0.05, 0) is 37.8 Å². The molecule has 1 N–H and O–H groups in total. The summed E-state index contributed by atoms with van der Waals surface area (Å²) in [6.45, 7) is 3.75. The summed E-state index contributed by atoms with van der Waals surface area (Å²) < 4.78 is 18.6. The van der Waals surface area contributed by atoms with Gasteiger partial charge in [-0.1, -0.05) is 55.8 Å². The second-order valence-electron chi connectivity index (χ2n) is 6.33. The number of aryl methyl sites for hydroxylation is 1. The van der Waals surface area contributed by atoms with Gasteiger partial charge in [0.1, 0.15) is 0 Å². The summed E-state index contributed by atoms with van der Waals surface area (Å²) in [6, 6.07) is 1.42. The number of carboxylic acid groups (broad SMARTS) is 1. The number of aromatic carboxylic acids is 1. The van der Waals surface area contributed by atoms with E-state index in [2.05, 4.69) is 0 Å². The Bertz CT molecular complexity index is 459. The van der Waals surface area contributed by atoms with E-state index in [1.807, 2.05) is 6.92 Å². The summed E-state index contributed by atoms with van der Waals surface area (Å²) in [6.07, 6.45) is 14.2. The Hall–Kier alpha value is -1.36. The first-order chi connectivity index (χ1) is 11.6. The van der Waals surface area contributed by atoms with E-state index >= 15 is 0 Å². The Kier molecular flexibility index (Phi) is 11.2. The number of aromatic nitrogens is 1. The van der Waals surface area contributed by atoms with Crippen molar-refractivity contribution in [1.29, 1.82) is 0 Å². The normalized spacial score (nSPS) is 11.1. The van der Waals surface area contributed by atoms with E-state index < -0.39 is 5.97 Å². The maximum absolute atomic E-state index is 13.3. The van der Waals surface area contributed by atoms with E-state index in [0.717, 1.165) is 38.0 Å². The van der Waals surface area contributed by atoms with E-state index in [4.69, 9.17) is 9.84 Å². The van der Waals surface area contributed by atoms with Crippen LogP contribution in [0.25, 0.3) is 0 Å². The molecular weight excluding hydrogens is 309 g/mol. The standard InChI is InChI=1S/C19H32FNO3/c1-2-24-14-12-10-8-6-4-3-5-7-9-11-13-17-15-18(19(22)23)21(20)16-17/h15-16H,2-14H2,1H3,(H,22,23). The van der Waals surface area contributed by atoms with Gasteiger partial charge in [0.15, 0.2) is 5.69 Å². The zero-order valence-electron chi connectivity index (χ0n) is 14.9. The molecule has 0 saturated heterocycles. The first-order valence-electron chi connectivity index (χ1n) is 9.33. The number of halogens is 1. The Morgan fingerprint density at radius 1 is 1.04 bits per heavy atom. The van der Waals surface area contributed by atoms with E-state index in [1.54, 1.807) is 0 Å². The molecule has 0 spiro atoms. The minimum Gasteiger partial charge on any atom is -0.476 e. The second kappa shape index (κ2) is 13.0. The molecule has 0 atom stereocenters. The highest BCUT2D eigenvalue weighted by atomic mass is 19.2. The van der Waals surface area contributed by atoms with Crippen molar-refractivity contribution in [2.75, 3.05) is 13.2 Å². The van der Waals surface area contributed by atoms with Crippen LogP contribution in [-0.4, -0.2) is 29.1 Å². The fourth-order valence-electron chi connectivity index (χ4n) is 2.87. The van der Waals surface area contributed by atoms with Crippen molar-refractivity contribution in [3.8, 4) is 0 Å². The van der Waals surface area contributed by atoms with Gasteiger partial charge in [-0.2, -0.15) is 4.79 Å². The largest absolute Gasteiger partial charge is 0.476 e. The van der Waals surface area contributed by atoms with Crippen molar-refractivity contribution < 1.29 is 19.1 Å². The van der Waals surface area contributed by atoms with Gasteiger partial charge < -0.3 is 9.84 Å². The molecule has 0 aliphatic carbocycles. The smallest absolute Gasteiger partial charge is 0.355 e. The Balaban J connectivity index is 1.90. The van der Waals surface area contributed by atoms with Gasteiger partial charge in [-0.25, -0.2) is 4.79 Å². The Morgan fingerprint density at radius 2 is 1.58 bits per heavy atom. The van der Waals surface area contributed by atoms with Crippen LogP contribution in [0, 0.1) is 0 Å². The highest BCUT2D eigenvalue weighted by Gasteiger charge is 2.11. The van der Waals surface area contributed by atoms with Crippen molar-refractivity contribution in [2.45, 2.75) is 77.6 Å². The number of nitrogens with zero attached hydrogens (tertiary/aromatic N) is 1. The van der Waals surface area contributed by atoms with Gasteiger partial charge in [0, 0.05) is 19.4 Å². The molecule has 1 aromatic heterocycles. The number of rotatable bonds is 15. The van der Waals surface area contributed by atoms with Gasteiger partial charge in [0.2, 0.25) is 0 Å². The van der Waals surface area contributed by atoms with Gasteiger partial charge in [-0.15, -0.1) is 0 Å². The molecular formula is C19H32FNO3. The molecule has 1 aromatic rings. The second-order valence-corrected chi connectivity index (χ2v) is 6.33. The van der Waals surface area contributed by atoms with Crippen LogP contribution in [-0.2, 0) is 11.2 Å². The minimum absolute atomic E-state index is 0.200. The first-order valence-corrected chi connectivity index (χ1v) is 9.33. The molecule has 0 bridgehead atoms. The summed E-state index contributed by atoms with van der Waals surface area (Å²) in [5.41, 5.74) is 0.480. The monoisotopic (exact) mass is 341 g/mol. The zero-order chi connectivity index (χ0) is 17.6. The highest BCUT2D eigenvalue weighted by molar-refractivity contribution is 5.86. The van der Waals surface area contributed by atoms with Crippen LogP contribution in [0.4, 0.5) is 4.48 Å². The number of hydrogen-bond acceptors (Lipinski definition) is 2. The van der Waals surface area contributed by atoms with Crippen LogP contribution >= 0.6 is 0 Å². The van der Waals surface area contributed by atoms with Crippen LogP contribution in [0.1, 0.15) is 87.2 Å². The zero-order valence-corrected chi connectivity index (χ0v) is 14.9. The van der Waals surface area contributed by atoms with E-state index in [9.17, 15) is 9.28 Å². The Labute approximate surface area is 144 Å². The lowest BCUT2D eigenvalue weighted by molar-refractivity contribution is 0.0673. The van der Waals surface area contributed by atoms with Gasteiger partial charge in [0.25, 0.3) is 0 Å². The number of hydrogen-bond donors (Lipinski definition) is 1. The molecule has 4 nitrogen and oxygen atoms in total. The van der Waals surface area contributed by atoms with Gasteiger partial charge >= 0.3 is 5.97 Å². The van der Waals surface area contributed by atoms with Crippen molar-refractivity contribution in [3.63, 3.8) is 0 Å². The molecule has 0 fully saturated rings. The molecule has 0 aromatic carbocycles. The molecule has 1 rings (SSSR count). The molecule has 0 aliphatic rings. The lowest BCUT2D eigenvalue weighted by atomic mass is 10.0. The summed E-state index contributed by atoms with van der Waals surface area (Å²) in [5.74, 6) is -1.22. The SMILES string of the molecule is CCOCCCCCCCCCCCCc1cc(C(=O)O)n(F)c1. The van der Waals surface area contributed by atoms with Crippen LogP contribution in [0.2, 0.25) is 0 Å². The average Bonchev–Trinajstić information content (AvgIpc) is 2.93. The molecule has 138 valence electrons. The Morgan fingerprint density at radius 3 is 2.08 bits per heavy atom. The minimum atomic E-state index is -1.22. The molecule has 0 radical (unpaired) electrons. The van der Waals surface area contributed by atoms with Crippen molar-refractivity contribution in [1.82, 2.24) is 4.79 Å². The van der Waals surface area contributed by atoms with Crippen molar-refractivity contribution in [2.24, 2.45) is 0 Å². The van der Waals surface area contributed by atoms with Crippen LogP contribution in [0.3, 0.4) is 0 Å². The van der Waals surface area contributed by atoms with Crippen LogP contribution in [0.15, 0.2) is 12.3 Å². The topological polar surface area (TPSA) is 51.5 Å². The van der Waals surface area contributed by atoms with E-state index in [0.29, 0.717) is 0 Å². The van der Waals surface area contributed by atoms with Crippen LogP contribution in [0.5, 0.6) is 0 Å². The lowest BCUT2D eigenvalue weighted by Gasteiger charge is -2.03. The quantitative estimate of drug-likeness (QED) is 0.435. The predicted molar refractivity (Wildman–Crippen MR) is 94.3 cm³/mol. The molecule has 0 aliphatic heterocycles. The number of unbranched alkanes of at least 4 members (excludes halogenated alkanes) is 9. The number of carboxylic acids is 1. The average molecular weight is 341 g/mol. The third-order valence-electron chi connectivity index (χ3n) is 4.26. The van der Waals surface area contributed by atoms with Gasteiger partial charge in [-0.3, -0.25) is 0 Å². The third-order valence-corrected chi connectivity index (χ3v) is 4.26. The maximum atomic E-state index is 13.3. The number of carbonyl (C=O) groups is 1. The number of ether oxygens (including phenoxy) is 1. The van der Waals surface area contributed by atoms with Crippen molar-refractivity contribution in [3.05, 3.63) is 23.5 Å². The fourth-order valence-corrected chi connectivity index (χ4v) is 2.87. The summed E-state index contributed by atoms with van der Waals surface area (Å²) in [5, 5.41) is 8.80. The first kappa shape index (κ1) is 20.7. The van der Waals surface area contributed by atoms with Crippen LogP contribution < -0.4 is 0 Å². The third kappa shape index (κ3) is 9.06. The molecule has 24 heavy (non-hydrogen) atoms. The summed E-state index contributed by atoms with van der Waals surface area (Å²) >= 11 is 0. The fraction of sp³-hybridized carbons (Fsp3) is 0.737. The van der Waals surface area contributed by atoms with E-state index in [1.165, 1.54) is 63.6 Å². The molecule has 0 amide bonds. The molecule has 0 unspecified atom stereocenters.